The lowest BCUT2D eigenvalue weighted by Gasteiger charge is -2.02. The van der Waals surface area contributed by atoms with Gasteiger partial charge in [0.1, 0.15) is 6.07 Å². The van der Waals surface area contributed by atoms with Crippen molar-refractivity contribution in [1.82, 2.24) is 14.6 Å². The van der Waals surface area contributed by atoms with Crippen LogP contribution in [0.25, 0.3) is 17.0 Å². The summed E-state index contributed by atoms with van der Waals surface area (Å²) in [5.41, 5.74) is 1.29. The lowest BCUT2D eigenvalue weighted by atomic mass is 10.2. The van der Waals surface area contributed by atoms with Crippen molar-refractivity contribution in [2.45, 2.75) is 0 Å². The maximum Gasteiger partial charge on any atom is 0.271 e. The molecule has 2 heterocycles. The van der Waals surface area contributed by atoms with E-state index in [1.165, 1.54) is 12.1 Å². The van der Waals surface area contributed by atoms with Crippen LogP contribution in [0.2, 0.25) is 5.02 Å². The van der Waals surface area contributed by atoms with Crippen molar-refractivity contribution in [3.05, 3.63) is 57.2 Å². The second kappa shape index (κ2) is 4.85. The Morgan fingerprint density at radius 3 is 2.81 bits per heavy atom. The molecule has 0 atom stereocenters. The minimum atomic E-state index is -0.528. The van der Waals surface area contributed by atoms with E-state index in [1.807, 2.05) is 6.07 Å². The number of nitro groups is 1. The molecule has 0 aliphatic rings. The van der Waals surface area contributed by atoms with Gasteiger partial charge in [0.15, 0.2) is 11.5 Å². The van der Waals surface area contributed by atoms with Gasteiger partial charge in [-0.2, -0.15) is 5.26 Å². The summed E-state index contributed by atoms with van der Waals surface area (Å²) < 4.78 is 1.59. The van der Waals surface area contributed by atoms with Crippen LogP contribution in [-0.2, 0) is 0 Å². The van der Waals surface area contributed by atoms with Gasteiger partial charge >= 0.3 is 0 Å². The minimum Gasteiger partial charge on any atom is -0.281 e. The van der Waals surface area contributed by atoms with Crippen molar-refractivity contribution in [1.29, 1.82) is 5.26 Å². The molecule has 8 heteroatoms. The highest BCUT2D eigenvalue weighted by Crippen LogP contribution is 2.27. The summed E-state index contributed by atoms with van der Waals surface area (Å²) in [4.78, 5) is 10.4. The van der Waals surface area contributed by atoms with E-state index >= 15 is 0 Å². The molecule has 2 aromatic heterocycles. The van der Waals surface area contributed by atoms with E-state index in [2.05, 4.69) is 10.2 Å². The van der Waals surface area contributed by atoms with Crippen LogP contribution in [0.3, 0.4) is 0 Å². The molecule has 0 radical (unpaired) electrons. The molecule has 0 saturated carbocycles. The molecule has 0 saturated heterocycles. The van der Waals surface area contributed by atoms with Crippen LogP contribution < -0.4 is 0 Å². The van der Waals surface area contributed by atoms with E-state index < -0.39 is 4.92 Å². The SMILES string of the molecule is N#Cc1ccc2nnc(-c3cc(Cl)cc([N+](=O)[O-])c3)n2c1. The first-order valence-corrected chi connectivity index (χ1v) is 6.16. The molecule has 3 aromatic rings. The van der Waals surface area contributed by atoms with Crippen molar-refractivity contribution in [3.63, 3.8) is 0 Å². The highest BCUT2D eigenvalue weighted by molar-refractivity contribution is 6.31. The summed E-state index contributed by atoms with van der Waals surface area (Å²) >= 11 is 5.91. The van der Waals surface area contributed by atoms with Crippen molar-refractivity contribution in [3.8, 4) is 17.5 Å². The molecule has 1 aromatic carbocycles. The second-order valence-corrected chi connectivity index (χ2v) is 4.67. The Kier molecular flexibility index (Phi) is 3.01. The lowest BCUT2D eigenvalue weighted by Crippen LogP contribution is -1.93. The molecule has 0 aliphatic heterocycles. The fourth-order valence-electron chi connectivity index (χ4n) is 1.96. The van der Waals surface area contributed by atoms with Crippen molar-refractivity contribution < 1.29 is 4.92 Å². The van der Waals surface area contributed by atoms with Crippen LogP contribution in [0.1, 0.15) is 5.56 Å². The first-order valence-electron chi connectivity index (χ1n) is 5.79. The first-order chi connectivity index (χ1) is 10.1. The summed E-state index contributed by atoms with van der Waals surface area (Å²) in [6, 6.07) is 9.46. The van der Waals surface area contributed by atoms with Crippen LogP contribution >= 0.6 is 11.6 Å². The zero-order valence-electron chi connectivity index (χ0n) is 10.4. The standard InChI is InChI=1S/C13H6ClN5O2/c14-10-3-9(4-11(5-10)19(20)21)13-17-16-12-2-1-8(6-15)7-18(12)13/h1-5,7H. The van der Waals surface area contributed by atoms with Gasteiger partial charge in [-0.1, -0.05) is 11.6 Å². The Morgan fingerprint density at radius 2 is 2.10 bits per heavy atom. The number of nitriles is 1. The van der Waals surface area contributed by atoms with E-state index in [0.717, 1.165) is 0 Å². The number of benzene rings is 1. The zero-order valence-corrected chi connectivity index (χ0v) is 11.2. The molecule has 7 nitrogen and oxygen atoms in total. The maximum atomic E-state index is 10.9. The number of nitrogens with zero attached hydrogens (tertiary/aromatic N) is 5. The van der Waals surface area contributed by atoms with Gasteiger partial charge in [0.05, 0.1) is 10.5 Å². The number of nitro benzene ring substituents is 1. The van der Waals surface area contributed by atoms with Gasteiger partial charge in [0.25, 0.3) is 5.69 Å². The molecule has 102 valence electrons. The minimum absolute atomic E-state index is 0.134. The van der Waals surface area contributed by atoms with E-state index in [0.29, 0.717) is 22.6 Å². The molecule has 3 rings (SSSR count). The summed E-state index contributed by atoms with van der Waals surface area (Å²) in [5, 5.41) is 28.0. The average molecular weight is 300 g/mol. The predicted octanol–water partition coefficient (Wildman–Crippen LogP) is 2.83. The van der Waals surface area contributed by atoms with Crippen LogP contribution in [-0.4, -0.2) is 19.5 Å². The monoisotopic (exact) mass is 299 g/mol. The summed E-state index contributed by atoms with van der Waals surface area (Å²) in [5.74, 6) is 0.382. The van der Waals surface area contributed by atoms with Gasteiger partial charge in [-0.25, -0.2) is 0 Å². The maximum absolute atomic E-state index is 10.9. The second-order valence-electron chi connectivity index (χ2n) is 4.24. The molecule has 0 bridgehead atoms. The Labute approximate surface area is 123 Å². The Morgan fingerprint density at radius 1 is 1.29 bits per heavy atom. The number of rotatable bonds is 2. The number of fused-ring (bicyclic) bond motifs is 1. The van der Waals surface area contributed by atoms with Crippen LogP contribution in [0, 0.1) is 21.4 Å². The molecular weight excluding hydrogens is 294 g/mol. The number of aromatic nitrogens is 3. The van der Waals surface area contributed by atoms with Crippen molar-refractivity contribution in [2.75, 3.05) is 0 Å². The Hall–Kier alpha value is -2.98. The van der Waals surface area contributed by atoms with Gasteiger partial charge in [-0.15, -0.1) is 10.2 Å². The number of pyridine rings is 1. The fraction of sp³-hybridized carbons (Fsp3) is 0. The van der Waals surface area contributed by atoms with E-state index in [9.17, 15) is 10.1 Å². The molecule has 0 aliphatic carbocycles. The molecule has 21 heavy (non-hydrogen) atoms. The molecule has 0 amide bonds. The zero-order chi connectivity index (χ0) is 15.0. The average Bonchev–Trinajstić information content (AvgIpc) is 2.89. The van der Waals surface area contributed by atoms with Crippen LogP contribution in [0.4, 0.5) is 5.69 Å². The number of hydrogen-bond donors (Lipinski definition) is 0. The van der Waals surface area contributed by atoms with E-state index in [4.69, 9.17) is 16.9 Å². The van der Waals surface area contributed by atoms with Gasteiger partial charge in [0, 0.05) is 28.9 Å². The summed E-state index contributed by atoms with van der Waals surface area (Å²) in [6.45, 7) is 0. The van der Waals surface area contributed by atoms with E-state index in [-0.39, 0.29) is 10.7 Å². The van der Waals surface area contributed by atoms with Crippen LogP contribution in [0.5, 0.6) is 0 Å². The number of hydrogen-bond acceptors (Lipinski definition) is 5. The predicted molar refractivity (Wildman–Crippen MR) is 74.8 cm³/mol. The van der Waals surface area contributed by atoms with Crippen molar-refractivity contribution in [2.24, 2.45) is 0 Å². The van der Waals surface area contributed by atoms with Gasteiger partial charge < -0.3 is 0 Å². The molecule has 0 spiro atoms. The Bertz CT molecular complexity index is 913. The molecule has 0 unspecified atom stereocenters. The van der Waals surface area contributed by atoms with E-state index in [1.54, 1.807) is 28.8 Å². The Balaban J connectivity index is 2.25. The third-order valence-electron chi connectivity index (χ3n) is 2.88. The van der Waals surface area contributed by atoms with Gasteiger partial charge in [-0.3, -0.25) is 14.5 Å². The third-order valence-corrected chi connectivity index (χ3v) is 3.10. The normalized spacial score (nSPS) is 10.5. The number of halogens is 1. The summed E-state index contributed by atoms with van der Waals surface area (Å²) in [7, 11) is 0. The first kappa shape index (κ1) is 13.0. The third kappa shape index (κ3) is 2.28. The van der Waals surface area contributed by atoms with Crippen molar-refractivity contribution >= 4 is 22.9 Å². The van der Waals surface area contributed by atoms with Gasteiger partial charge in [-0.05, 0) is 18.2 Å². The highest BCUT2D eigenvalue weighted by Gasteiger charge is 2.14. The topological polar surface area (TPSA) is 97.1 Å². The number of non-ortho nitro benzene ring substituents is 1. The molecular formula is C13H6ClN5O2. The quantitative estimate of drug-likeness (QED) is 0.535. The molecule has 0 N–H and O–H groups in total. The van der Waals surface area contributed by atoms with Gasteiger partial charge in [0.2, 0.25) is 0 Å². The molecule has 0 fully saturated rings. The highest BCUT2D eigenvalue weighted by atomic mass is 35.5. The smallest absolute Gasteiger partial charge is 0.271 e. The fourth-order valence-corrected chi connectivity index (χ4v) is 2.19. The lowest BCUT2D eigenvalue weighted by molar-refractivity contribution is -0.384. The largest absolute Gasteiger partial charge is 0.281 e. The summed E-state index contributed by atoms with van der Waals surface area (Å²) in [6.07, 6.45) is 1.57. The van der Waals surface area contributed by atoms with Crippen LogP contribution in [0.15, 0.2) is 36.5 Å².